The van der Waals surface area contributed by atoms with Gasteiger partial charge >= 0.3 is 0 Å². The van der Waals surface area contributed by atoms with E-state index >= 15 is 0 Å². The van der Waals surface area contributed by atoms with Gasteiger partial charge in [-0.05, 0) is 26.8 Å². The maximum Gasteiger partial charge on any atom is 0.189 e. The van der Waals surface area contributed by atoms with Crippen molar-refractivity contribution in [2.75, 3.05) is 19.0 Å². The first-order valence-corrected chi connectivity index (χ1v) is 5.99. The smallest absolute Gasteiger partial charge is 0.189 e. The SMILES string of the molecule is CN(C)c1ncccc1CN=C(N)NC(C)(C)C. The van der Waals surface area contributed by atoms with Crippen molar-refractivity contribution in [2.45, 2.75) is 32.9 Å². The Bertz CT molecular complexity index is 418. The lowest BCUT2D eigenvalue weighted by Crippen LogP contribution is -2.45. The van der Waals surface area contributed by atoms with E-state index in [9.17, 15) is 0 Å². The highest BCUT2D eigenvalue weighted by atomic mass is 15.1. The Kier molecular flexibility index (Phi) is 4.53. The van der Waals surface area contributed by atoms with Crippen LogP contribution in [0, 0.1) is 0 Å². The van der Waals surface area contributed by atoms with Crippen molar-refractivity contribution < 1.29 is 0 Å². The van der Waals surface area contributed by atoms with Gasteiger partial charge in [-0.3, -0.25) is 0 Å². The molecule has 0 spiro atoms. The first-order chi connectivity index (χ1) is 8.29. The van der Waals surface area contributed by atoms with Crippen molar-refractivity contribution in [2.24, 2.45) is 10.7 Å². The highest BCUT2D eigenvalue weighted by molar-refractivity contribution is 5.78. The largest absolute Gasteiger partial charge is 0.370 e. The Balaban J connectivity index is 2.77. The Morgan fingerprint density at radius 1 is 1.44 bits per heavy atom. The van der Waals surface area contributed by atoms with Crippen LogP contribution < -0.4 is 16.0 Å². The molecule has 0 aliphatic heterocycles. The zero-order valence-corrected chi connectivity index (χ0v) is 11.9. The van der Waals surface area contributed by atoms with E-state index < -0.39 is 0 Å². The number of rotatable bonds is 3. The predicted molar refractivity (Wildman–Crippen MR) is 76.8 cm³/mol. The summed E-state index contributed by atoms with van der Waals surface area (Å²) in [7, 11) is 3.93. The molecule has 0 aromatic carbocycles. The average Bonchev–Trinajstić information content (AvgIpc) is 2.24. The summed E-state index contributed by atoms with van der Waals surface area (Å²) >= 11 is 0. The first kappa shape index (κ1) is 14.3. The summed E-state index contributed by atoms with van der Waals surface area (Å²) in [5.41, 5.74) is 6.82. The fraction of sp³-hybridized carbons (Fsp3) is 0.538. The molecule has 1 heterocycles. The predicted octanol–water partition coefficient (Wildman–Crippen LogP) is 1.35. The number of nitrogens with two attached hydrogens (primary N) is 1. The Hall–Kier alpha value is -1.78. The van der Waals surface area contributed by atoms with Gasteiger partial charge in [-0.25, -0.2) is 9.98 Å². The van der Waals surface area contributed by atoms with Gasteiger partial charge < -0.3 is 16.0 Å². The molecule has 0 aliphatic carbocycles. The maximum atomic E-state index is 5.84. The number of hydrogen-bond acceptors (Lipinski definition) is 3. The Morgan fingerprint density at radius 2 is 2.11 bits per heavy atom. The van der Waals surface area contributed by atoms with Crippen LogP contribution in [0.5, 0.6) is 0 Å². The molecule has 1 aromatic rings. The molecule has 5 nitrogen and oxygen atoms in total. The number of aromatic nitrogens is 1. The molecular weight excluding hydrogens is 226 g/mol. The molecule has 0 saturated carbocycles. The molecule has 1 rings (SSSR count). The van der Waals surface area contributed by atoms with Crippen LogP contribution in [0.15, 0.2) is 23.3 Å². The van der Waals surface area contributed by atoms with Gasteiger partial charge in [0.15, 0.2) is 5.96 Å². The number of aliphatic imine (C=N–C) groups is 1. The summed E-state index contributed by atoms with van der Waals surface area (Å²) in [6.45, 7) is 6.66. The molecule has 0 fully saturated rings. The van der Waals surface area contributed by atoms with Crippen molar-refractivity contribution in [1.82, 2.24) is 10.3 Å². The van der Waals surface area contributed by atoms with Crippen LogP contribution in [0.4, 0.5) is 5.82 Å². The zero-order valence-electron chi connectivity index (χ0n) is 11.9. The van der Waals surface area contributed by atoms with Crippen molar-refractivity contribution >= 4 is 11.8 Å². The summed E-state index contributed by atoms with van der Waals surface area (Å²) in [6, 6.07) is 3.92. The average molecular weight is 249 g/mol. The molecule has 0 unspecified atom stereocenters. The molecule has 18 heavy (non-hydrogen) atoms. The fourth-order valence-corrected chi connectivity index (χ4v) is 1.55. The zero-order chi connectivity index (χ0) is 13.8. The van der Waals surface area contributed by atoms with E-state index in [0.717, 1.165) is 11.4 Å². The summed E-state index contributed by atoms with van der Waals surface area (Å²) in [6.07, 6.45) is 1.78. The van der Waals surface area contributed by atoms with Gasteiger partial charge in [-0.1, -0.05) is 6.07 Å². The van der Waals surface area contributed by atoms with Gasteiger partial charge in [0.2, 0.25) is 0 Å². The van der Waals surface area contributed by atoms with Crippen molar-refractivity contribution in [3.05, 3.63) is 23.9 Å². The number of guanidine groups is 1. The van der Waals surface area contributed by atoms with E-state index in [1.54, 1.807) is 6.20 Å². The van der Waals surface area contributed by atoms with E-state index in [1.807, 2.05) is 51.9 Å². The summed E-state index contributed by atoms with van der Waals surface area (Å²) < 4.78 is 0. The van der Waals surface area contributed by atoms with Crippen LogP contribution >= 0.6 is 0 Å². The molecule has 0 atom stereocenters. The second-order valence-corrected chi connectivity index (χ2v) is 5.46. The first-order valence-electron chi connectivity index (χ1n) is 5.99. The molecule has 100 valence electrons. The van der Waals surface area contributed by atoms with Crippen molar-refractivity contribution in [3.8, 4) is 0 Å². The third-order valence-corrected chi connectivity index (χ3v) is 2.21. The van der Waals surface area contributed by atoms with Crippen molar-refractivity contribution in [3.63, 3.8) is 0 Å². The second-order valence-electron chi connectivity index (χ2n) is 5.46. The highest BCUT2D eigenvalue weighted by Gasteiger charge is 2.10. The summed E-state index contributed by atoms with van der Waals surface area (Å²) in [5, 5.41) is 3.13. The monoisotopic (exact) mass is 249 g/mol. The van der Waals surface area contributed by atoms with Crippen LogP contribution in [0.2, 0.25) is 0 Å². The number of hydrogen-bond donors (Lipinski definition) is 2. The van der Waals surface area contributed by atoms with E-state index in [2.05, 4.69) is 15.3 Å². The van der Waals surface area contributed by atoms with E-state index in [0.29, 0.717) is 12.5 Å². The lowest BCUT2D eigenvalue weighted by molar-refractivity contribution is 0.508. The van der Waals surface area contributed by atoms with E-state index in [1.165, 1.54) is 0 Å². The molecular formula is C13H23N5. The van der Waals surface area contributed by atoms with E-state index in [4.69, 9.17) is 5.73 Å². The minimum absolute atomic E-state index is 0.0765. The molecule has 0 saturated heterocycles. The van der Waals surface area contributed by atoms with Gasteiger partial charge in [-0.15, -0.1) is 0 Å². The van der Waals surface area contributed by atoms with Crippen LogP contribution in [0.25, 0.3) is 0 Å². The third-order valence-electron chi connectivity index (χ3n) is 2.21. The van der Waals surface area contributed by atoms with Crippen LogP contribution in [0.3, 0.4) is 0 Å². The summed E-state index contributed by atoms with van der Waals surface area (Å²) in [5.74, 6) is 1.38. The van der Waals surface area contributed by atoms with E-state index in [-0.39, 0.29) is 5.54 Å². The lowest BCUT2D eigenvalue weighted by atomic mass is 10.1. The minimum atomic E-state index is -0.0765. The number of nitrogens with zero attached hydrogens (tertiary/aromatic N) is 3. The number of pyridine rings is 1. The highest BCUT2D eigenvalue weighted by Crippen LogP contribution is 2.15. The normalized spacial score (nSPS) is 12.4. The maximum absolute atomic E-state index is 5.84. The molecule has 0 bridgehead atoms. The third kappa shape index (κ3) is 4.61. The van der Waals surface area contributed by atoms with Crippen molar-refractivity contribution in [1.29, 1.82) is 0 Å². The Morgan fingerprint density at radius 3 is 2.67 bits per heavy atom. The minimum Gasteiger partial charge on any atom is -0.370 e. The molecule has 1 aromatic heterocycles. The quantitative estimate of drug-likeness (QED) is 0.627. The molecule has 0 aliphatic rings. The van der Waals surface area contributed by atoms with Gasteiger partial charge in [0.25, 0.3) is 0 Å². The topological polar surface area (TPSA) is 66.5 Å². The van der Waals surface area contributed by atoms with Gasteiger partial charge in [0.1, 0.15) is 5.82 Å². The lowest BCUT2D eigenvalue weighted by Gasteiger charge is -2.21. The van der Waals surface area contributed by atoms with Crippen LogP contribution in [0.1, 0.15) is 26.3 Å². The fourth-order valence-electron chi connectivity index (χ4n) is 1.55. The van der Waals surface area contributed by atoms with Crippen LogP contribution in [-0.4, -0.2) is 30.6 Å². The number of anilines is 1. The van der Waals surface area contributed by atoms with Crippen LogP contribution in [-0.2, 0) is 6.54 Å². The molecule has 3 N–H and O–H groups in total. The summed E-state index contributed by atoms with van der Waals surface area (Å²) in [4.78, 5) is 10.6. The second kappa shape index (κ2) is 5.71. The van der Waals surface area contributed by atoms with Gasteiger partial charge in [-0.2, -0.15) is 0 Å². The number of nitrogens with one attached hydrogen (secondary N) is 1. The molecule has 0 radical (unpaired) electrons. The standard InChI is InChI=1S/C13H23N5/c1-13(2,3)17-12(14)16-9-10-7-6-8-15-11(10)18(4)5/h6-8H,9H2,1-5H3,(H3,14,16,17). The van der Waals surface area contributed by atoms with Gasteiger partial charge in [0.05, 0.1) is 6.54 Å². The Labute approximate surface area is 109 Å². The van der Waals surface area contributed by atoms with Gasteiger partial charge in [0, 0.05) is 31.4 Å². The molecule has 5 heteroatoms. The molecule has 0 amide bonds.